The van der Waals surface area contributed by atoms with Gasteiger partial charge in [-0.15, -0.1) is 15.8 Å². The fourth-order valence-electron chi connectivity index (χ4n) is 0.662. The van der Waals surface area contributed by atoms with Crippen molar-refractivity contribution in [2.45, 2.75) is 32.3 Å². The Morgan fingerprint density at radius 1 is 1.55 bits per heavy atom. The molecular weight excluding hydrogens is 151 g/mol. The molecule has 0 aliphatic carbocycles. The maximum Gasteiger partial charge on any atom is 0.0174 e. The lowest BCUT2D eigenvalue weighted by Crippen LogP contribution is -2.05. The molecule has 0 saturated carbocycles. The van der Waals surface area contributed by atoms with Crippen LogP contribution in [0.25, 0.3) is 0 Å². The number of hydrogen-bond acceptors (Lipinski definition) is 0. The molecule has 0 N–H and O–H groups in total. The zero-order valence-electron chi connectivity index (χ0n) is 7.80. The second-order valence-corrected chi connectivity index (χ2v) is 4.85. The Bertz CT molecular complexity index is 143. The minimum Gasteiger partial charge on any atom is -0.123 e. The first-order valence-corrected chi connectivity index (χ1v) is 4.66. The molecule has 0 heterocycles. The largest absolute Gasteiger partial charge is 0.123 e. The predicted molar refractivity (Wildman–Crippen MR) is 56.9 cm³/mol. The third kappa shape index (κ3) is 6.31. The molecule has 0 aromatic rings. The van der Waals surface area contributed by atoms with Crippen LogP contribution < -0.4 is 0 Å². The maximum absolute atomic E-state index is 3.76. The molecule has 0 saturated heterocycles. The summed E-state index contributed by atoms with van der Waals surface area (Å²) in [6.07, 6.45) is 7.50. The summed E-state index contributed by atoms with van der Waals surface area (Å²) in [4.78, 5) is 0. The molecule has 0 aromatic heterocycles. The summed E-state index contributed by atoms with van der Waals surface area (Å²) in [6.45, 7) is 10.3. The van der Waals surface area contributed by atoms with E-state index >= 15 is 0 Å². The number of hydrogen-bond donors (Lipinski definition) is 0. The quantitative estimate of drug-likeness (QED) is 0.448. The van der Waals surface area contributed by atoms with Gasteiger partial charge >= 0.3 is 0 Å². The molecule has 0 nitrogen and oxygen atoms in total. The van der Waals surface area contributed by atoms with Gasteiger partial charge in [0.1, 0.15) is 0 Å². The van der Waals surface area contributed by atoms with Crippen LogP contribution in [0.4, 0.5) is 0 Å². The lowest BCUT2D eigenvalue weighted by atomic mass is 10.1. The topological polar surface area (TPSA) is 0 Å². The van der Waals surface area contributed by atoms with Crippen LogP contribution in [0.2, 0.25) is 0 Å². The van der Waals surface area contributed by atoms with Crippen molar-refractivity contribution >= 4 is 9.24 Å². The highest BCUT2D eigenvalue weighted by atomic mass is 31.0. The van der Waals surface area contributed by atoms with Crippen molar-refractivity contribution in [1.82, 2.24) is 0 Å². The van der Waals surface area contributed by atoms with Crippen LogP contribution in [-0.4, -0.2) is 5.16 Å². The van der Waals surface area contributed by atoms with Crippen LogP contribution in [0, 0.1) is 5.92 Å². The molecule has 0 amide bonds. The summed E-state index contributed by atoms with van der Waals surface area (Å²) in [7, 11) is 2.77. The van der Waals surface area contributed by atoms with Crippen molar-refractivity contribution in [2.24, 2.45) is 5.92 Å². The van der Waals surface area contributed by atoms with Gasteiger partial charge in [-0.2, -0.15) is 0 Å². The van der Waals surface area contributed by atoms with Crippen molar-refractivity contribution in [1.29, 1.82) is 0 Å². The summed E-state index contributed by atoms with van der Waals surface area (Å²) in [5.74, 6) is 0.747. The van der Waals surface area contributed by atoms with Crippen LogP contribution in [-0.2, 0) is 0 Å². The minimum absolute atomic E-state index is 0.0783. The zero-order valence-corrected chi connectivity index (χ0v) is 8.96. The van der Waals surface area contributed by atoms with Gasteiger partial charge in [0.05, 0.1) is 0 Å². The Balaban J connectivity index is 3.82. The van der Waals surface area contributed by atoms with E-state index in [4.69, 9.17) is 0 Å². The van der Waals surface area contributed by atoms with Gasteiger partial charge in [0, 0.05) is 5.16 Å². The van der Waals surface area contributed by atoms with E-state index in [-0.39, 0.29) is 5.16 Å². The summed E-state index contributed by atoms with van der Waals surface area (Å²) in [5.41, 5.74) is 0. The van der Waals surface area contributed by atoms with Gasteiger partial charge in [-0.1, -0.05) is 32.1 Å². The highest BCUT2D eigenvalue weighted by molar-refractivity contribution is 7.19. The summed E-state index contributed by atoms with van der Waals surface area (Å²) >= 11 is 0. The fraction of sp³-hybridized carbons (Fsp3) is 0.600. The highest BCUT2D eigenvalue weighted by Crippen LogP contribution is 2.20. The second-order valence-electron chi connectivity index (χ2n) is 3.60. The van der Waals surface area contributed by atoms with Crippen molar-refractivity contribution in [3.8, 4) is 0 Å². The zero-order chi connectivity index (χ0) is 8.91. The Morgan fingerprint density at radius 2 is 2.09 bits per heavy atom. The third-order valence-electron chi connectivity index (χ3n) is 1.52. The molecule has 2 unspecified atom stereocenters. The molecule has 0 fully saturated rings. The molecule has 0 aliphatic heterocycles. The van der Waals surface area contributed by atoms with E-state index in [1.165, 1.54) is 0 Å². The van der Waals surface area contributed by atoms with Crippen molar-refractivity contribution in [3.05, 3.63) is 24.8 Å². The van der Waals surface area contributed by atoms with Crippen LogP contribution in [0.1, 0.15) is 27.2 Å². The standard InChI is InChI=1S/C10H19P/c1-5-10(4,11)8-6-7-9(2)3/h5-6,8-9H,1,7,11H2,2-4H3. The maximum atomic E-state index is 3.76. The van der Waals surface area contributed by atoms with E-state index in [0.717, 1.165) is 12.3 Å². The van der Waals surface area contributed by atoms with Gasteiger partial charge in [0.2, 0.25) is 0 Å². The van der Waals surface area contributed by atoms with Gasteiger partial charge in [0.15, 0.2) is 0 Å². The van der Waals surface area contributed by atoms with Crippen molar-refractivity contribution in [3.63, 3.8) is 0 Å². The predicted octanol–water partition coefficient (Wildman–Crippen LogP) is 3.41. The molecule has 64 valence electrons. The molecule has 0 bridgehead atoms. The summed E-state index contributed by atoms with van der Waals surface area (Å²) in [6, 6.07) is 0. The summed E-state index contributed by atoms with van der Waals surface area (Å²) < 4.78 is 0. The smallest absolute Gasteiger partial charge is 0.0174 e. The number of allylic oxidation sites excluding steroid dienone is 3. The normalized spacial score (nSPS) is 17.2. The average Bonchev–Trinajstić information content (AvgIpc) is 1.87. The van der Waals surface area contributed by atoms with Crippen LogP contribution in [0.5, 0.6) is 0 Å². The Morgan fingerprint density at radius 3 is 2.45 bits per heavy atom. The van der Waals surface area contributed by atoms with Crippen LogP contribution in [0.15, 0.2) is 24.8 Å². The Labute approximate surface area is 73.0 Å². The van der Waals surface area contributed by atoms with Gasteiger partial charge in [-0.3, -0.25) is 0 Å². The lowest BCUT2D eigenvalue weighted by Gasteiger charge is -2.13. The molecular formula is C10H19P. The molecule has 11 heavy (non-hydrogen) atoms. The first kappa shape index (κ1) is 10.9. The van der Waals surface area contributed by atoms with Crippen LogP contribution >= 0.6 is 9.24 Å². The van der Waals surface area contributed by atoms with Crippen molar-refractivity contribution < 1.29 is 0 Å². The van der Waals surface area contributed by atoms with E-state index in [2.05, 4.69) is 48.7 Å². The first-order valence-electron chi connectivity index (χ1n) is 4.08. The monoisotopic (exact) mass is 170 g/mol. The third-order valence-corrected chi connectivity index (χ3v) is 1.95. The molecule has 0 aliphatic rings. The Kier molecular flexibility index (Phi) is 4.68. The van der Waals surface area contributed by atoms with Crippen LogP contribution in [0.3, 0.4) is 0 Å². The lowest BCUT2D eigenvalue weighted by molar-refractivity contribution is 0.661. The van der Waals surface area contributed by atoms with E-state index in [1.807, 2.05) is 6.08 Å². The van der Waals surface area contributed by atoms with E-state index in [1.54, 1.807) is 0 Å². The molecule has 0 radical (unpaired) electrons. The summed E-state index contributed by atoms with van der Waals surface area (Å²) in [5, 5.41) is 0.0783. The highest BCUT2D eigenvalue weighted by Gasteiger charge is 2.06. The molecule has 0 aromatic carbocycles. The molecule has 2 atom stereocenters. The van der Waals surface area contributed by atoms with Gasteiger partial charge in [-0.05, 0) is 19.3 Å². The van der Waals surface area contributed by atoms with Crippen molar-refractivity contribution in [2.75, 3.05) is 0 Å². The van der Waals surface area contributed by atoms with E-state index in [9.17, 15) is 0 Å². The van der Waals surface area contributed by atoms with E-state index in [0.29, 0.717) is 0 Å². The van der Waals surface area contributed by atoms with E-state index < -0.39 is 0 Å². The number of rotatable bonds is 4. The fourth-order valence-corrected chi connectivity index (χ4v) is 0.798. The molecule has 0 spiro atoms. The van der Waals surface area contributed by atoms with Gasteiger partial charge < -0.3 is 0 Å². The SMILES string of the molecule is C=CC(C)(P)C=CCC(C)C. The Hall–Kier alpha value is -0.0900. The first-order chi connectivity index (χ1) is 4.98. The molecule has 1 heteroatoms. The van der Waals surface area contributed by atoms with Gasteiger partial charge in [-0.25, -0.2) is 0 Å². The second kappa shape index (κ2) is 4.72. The van der Waals surface area contributed by atoms with Gasteiger partial charge in [0.25, 0.3) is 0 Å². The minimum atomic E-state index is 0.0783. The average molecular weight is 170 g/mol. The molecule has 0 rings (SSSR count).